The van der Waals surface area contributed by atoms with E-state index in [9.17, 15) is 0 Å². The third-order valence-electron chi connectivity index (χ3n) is 4.94. The van der Waals surface area contributed by atoms with E-state index in [0.717, 1.165) is 11.3 Å². The van der Waals surface area contributed by atoms with Crippen LogP contribution in [-0.4, -0.2) is 48.1 Å². The number of hydrogen-bond donors (Lipinski definition) is 1. The molecule has 3 aliphatic rings. The SMILES string of the molecule is CC1(C)CN(CC2CC23CCNCC3)CCS1. The molecule has 3 heteroatoms. The maximum absolute atomic E-state index is 3.50. The largest absolute Gasteiger partial charge is 0.317 e. The lowest BCUT2D eigenvalue weighted by Crippen LogP contribution is -2.44. The molecular weight excluding hydrogens is 228 g/mol. The first-order chi connectivity index (χ1) is 8.10. The summed E-state index contributed by atoms with van der Waals surface area (Å²) in [6, 6.07) is 0. The van der Waals surface area contributed by atoms with Gasteiger partial charge in [0.05, 0.1) is 0 Å². The summed E-state index contributed by atoms with van der Waals surface area (Å²) in [5.74, 6) is 2.34. The van der Waals surface area contributed by atoms with Gasteiger partial charge in [-0.15, -0.1) is 0 Å². The van der Waals surface area contributed by atoms with Crippen LogP contribution in [0.25, 0.3) is 0 Å². The summed E-state index contributed by atoms with van der Waals surface area (Å²) >= 11 is 2.15. The van der Waals surface area contributed by atoms with E-state index in [-0.39, 0.29) is 0 Å². The van der Waals surface area contributed by atoms with E-state index in [2.05, 4.69) is 35.8 Å². The zero-order valence-electron chi connectivity index (χ0n) is 11.3. The van der Waals surface area contributed by atoms with E-state index in [1.165, 1.54) is 57.7 Å². The van der Waals surface area contributed by atoms with Crippen LogP contribution < -0.4 is 5.32 Å². The summed E-state index contributed by atoms with van der Waals surface area (Å²) in [6.07, 6.45) is 4.38. The van der Waals surface area contributed by atoms with Crippen molar-refractivity contribution in [3.8, 4) is 0 Å². The first-order valence-corrected chi connectivity index (χ1v) is 8.15. The minimum absolute atomic E-state index is 0.481. The van der Waals surface area contributed by atoms with Crippen LogP contribution >= 0.6 is 11.8 Å². The van der Waals surface area contributed by atoms with Gasteiger partial charge in [0.2, 0.25) is 0 Å². The highest BCUT2D eigenvalue weighted by atomic mass is 32.2. The average Bonchev–Trinajstić information content (AvgIpc) is 2.90. The quantitative estimate of drug-likeness (QED) is 0.813. The van der Waals surface area contributed by atoms with Crippen molar-refractivity contribution >= 4 is 11.8 Å². The Labute approximate surface area is 110 Å². The monoisotopic (exact) mass is 254 g/mol. The normalized spacial score (nSPS) is 36.0. The number of thioether (sulfide) groups is 1. The molecular formula is C14H26N2S. The van der Waals surface area contributed by atoms with E-state index >= 15 is 0 Å². The van der Waals surface area contributed by atoms with Gasteiger partial charge in [-0.2, -0.15) is 11.8 Å². The number of nitrogens with zero attached hydrogens (tertiary/aromatic N) is 1. The second-order valence-corrected chi connectivity index (χ2v) is 8.66. The van der Waals surface area contributed by atoms with Crippen molar-refractivity contribution in [3.63, 3.8) is 0 Å². The lowest BCUT2D eigenvalue weighted by atomic mass is 9.92. The Morgan fingerprint density at radius 1 is 1.29 bits per heavy atom. The van der Waals surface area contributed by atoms with Crippen molar-refractivity contribution in [3.05, 3.63) is 0 Å². The Bertz CT molecular complexity index is 284. The second kappa shape index (κ2) is 4.43. The first-order valence-electron chi connectivity index (χ1n) is 7.17. The molecule has 98 valence electrons. The second-order valence-electron chi connectivity index (χ2n) is 6.86. The Kier molecular flexibility index (Phi) is 3.21. The lowest BCUT2D eigenvalue weighted by molar-refractivity contribution is 0.221. The summed E-state index contributed by atoms with van der Waals surface area (Å²) in [6.45, 7) is 11.3. The van der Waals surface area contributed by atoms with Crippen LogP contribution in [-0.2, 0) is 0 Å². The first kappa shape index (κ1) is 12.3. The summed E-state index contributed by atoms with van der Waals surface area (Å²) in [5.41, 5.74) is 0.764. The fourth-order valence-corrected chi connectivity index (χ4v) is 4.98. The molecule has 2 aliphatic heterocycles. The molecule has 3 rings (SSSR count). The Morgan fingerprint density at radius 3 is 2.76 bits per heavy atom. The standard InChI is InChI=1S/C14H26N2S/c1-13(2)11-16(7-8-17-13)10-12-9-14(12)3-5-15-6-4-14/h12,15H,3-11H2,1-2H3. The van der Waals surface area contributed by atoms with Crippen molar-refractivity contribution < 1.29 is 0 Å². The van der Waals surface area contributed by atoms with Gasteiger partial charge in [0.15, 0.2) is 0 Å². The summed E-state index contributed by atoms with van der Waals surface area (Å²) in [7, 11) is 0. The summed E-state index contributed by atoms with van der Waals surface area (Å²) in [4.78, 5) is 2.73. The van der Waals surface area contributed by atoms with Gasteiger partial charge in [-0.25, -0.2) is 0 Å². The van der Waals surface area contributed by atoms with Gasteiger partial charge in [0, 0.05) is 30.1 Å². The van der Waals surface area contributed by atoms with Crippen LogP contribution in [0, 0.1) is 11.3 Å². The van der Waals surface area contributed by atoms with Crippen LogP contribution in [0.4, 0.5) is 0 Å². The van der Waals surface area contributed by atoms with Crippen molar-refractivity contribution in [1.82, 2.24) is 10.2 Å². The molecule has 2 nitrogen and oxygen atoms in total. The molecule has 1 atom stereocenters. The van der Waals surface area contributed by atoms with Crippen LogP contribution in [0.5, 0.6) is 0 Å². The topological polar surface area (TPSA) is 15.3 Å². The van der Waals surface area contributed by atoms with E-state index in [1.54, 1.807) is 0 Å². The molecule has 1 N–H and O–H groups in total. The molecule has 1 spiro atoms. The van der Waals surface area contributed by atoms with Gasteiger partial charge in [-0.05, 0) is 57.5 Å². The average molecular weight is 254 g/mol. The van der Waals surface area contributed by atoms with Crippen molar-refractivity contribution in [2.75, 3.05) is 38.5 Å². The molecule has 1 aliphatic carbocycles. The van der Waals surface area contributed by atoms with Gasteiger partial charge in [0.1, 0.15) is 0 Å². The number of nitrogens with one attached hydrogen (secondary N) is 1. The molecule has 17 heavy (non-hydrogen) atoms. The molecule has 0 amide bonds. The Hall–Kier alpha value is 0.270. The molecule has 3 fully saturated rings. The van der Waals surface area contributed by atoms with Crippen molar-refractivity contribution in [2.24, 2.45) is 11.3 Å². The van der Waals surface area contributed by atoms with E-state index in [1.807, 2.05) is 0 Å². The van der Waals surface area contributed by atoms with Gasteiger partial charge in [-0.3, -0.25) is 0 Å². The van der Waals surface area contributed by atoms with Gasteiger partial charge in [0.25, 0.3) is 0 Å². The van der Waals surface area contributed by atoms with Crippen LogP contribution in [0.1, 0.15) is 33.1 Å². The summed E-state index contributed by atoms with van der Waals surface area (Å²) < 4.78 is 0.481. The Balaban J connectivity index is 1.51. The predicted molar refractivity (Wildman–Crippen MR) is 75.6 cm³/mol. The Morgan fingerprint density at radius 2 is 2.06 bits per heavy atom. The molecule has 1 unspecified atom stereocenters. The number of rotatable bonds is 2. The van der Waals surface area contributed by atoms with Crippen LogP contribution in [0.2, 0.25) is 0 Å². The van der Waals surface area contributed by atoms with Crippen molar-refractivity contribution in [2.45, 2.75) is 37.9 Å². The minimum Gasteiger partial charge on any atom is -0.317 e. The van der Waals surface area contributed by atoms with Crippen molar-refractivity contribution in [1.29, 1.82) is 0 Å². The zero-order chi connectivity index (χ0) is 11.9. The van der Waals surface area contributed by atoms with Crippen LogP contribution in [0.3, 0.4) is 0 Å². The van der Waals surface area contributed by atoms with Gasteiger partial charge in [-0.1, -0.05) is 0 Å². The van der Waals surface area contributed by atoms with Crippen LogP contribution in [0.15, 0.2) is 0 Å². The maximum atomic E-state index is 3.50. The molecule has 2 saturated heterocycles. The molecule has 0 aromatic heterocycles. The molecule has 0 aromatic carbocycles. The lowest BCUT2D eigenvalue weighted by Gasteiger charge is -2.38. The highest BCUT2D eigenvalue weighted by Gasteiger charge is 2.54. The fourth-order valence-electron chi connectivity index (χ4n) is 3.81. The molecule has 0 bridgehead atoms. The molecule has 1 saturated carbocycles. The van der Waals surface area contributed by atoms with Gasteiger partial charge >= 0.3 is 0 Å². The smallest absolute Gasteiger partial charge is 0.0231 e. The number of hydrogen-bond acceptors (Lipinski definition) is 3. The van der Waals surface area contributed by atoms with E-state index in [4.69, 9.17) is 0 Å². The molecule has 0 aromatic rings. The highest BCUT2D eigenvalue weighted by molar-refractivity contribution is 8.00. The summed E-state index contributed by atoms with van der Waals surface area (Å²) in [5, 5.41) is 3.50. The fraction of sp³-hybridized carbons (Fsp3) is 1.00. The third kappa shape index (κ3) is 2.66. The minimum atomic E-state index is 0.481. The van der Waals surface area contributed by atoms with E-state index < -0.39 is 0 Å². The predicted octanol–water partition coefficient (Wildman–Crippen LogP) is 2.20. The molecule has 2 heterocycles. The van der Waals surface area contributed by atoms with Gasteiger partial charge < -0.3 is 10.2 Å². The maximum Gasteiger partial charge on any atom is 0.0231 e. The zero-order valence-corrected chi connectivity index (χ0v) is 12.1. The third-order valence-corrected chi connectivity index (χ3v) is 6.24. The molecule has 0 radical (unpaired) electrons. The van der Waals surface area contributed by atoms with E-state index in [0.29, 0.717) is 4.75 Å². The highest BCUT2D eigenvalue weighted by Crippen LogP contribution is 2.58. The number of piperidine rings is 1.